The van der Waals surface area contributed by atoms with Crippen LogP contribution in [0.15, 0.2) is 18.2 Å². The molecule has 1 fully saturated rings. The van der Waals surface area contributed by atoms with Gasteiger partial charge in [-0.1, -0.05) is 12.5 Å². The van der Waals surface area contributed by atoms with Gasteiger partial charge in [-0.2, -0.15) is 5.26 Å². The summed E-state index contributed by atoms with van der Waals surface area (Å²) in [5.41, 5.74) is 0.535. The van der Waals surface area contributed by atoms with Gasteiger partial charge in [0.15, 0.2) is 11.6 Å². The molecule has 1 unspecified atom stereocenters. The lowest BCUT2D eigenvalue weighted by molar-refractivity contribution is 0.196. The van der Waals surface area contributed by atoms with Crippen molar-refractivity contribution in [1.82, 2.24) is 4.90 Å². The van der Waals surface area contributed by atoms with Gasteiger partial charge in [-0.25, -0.2) is 8.78 Å². The first-order valence-electron chi connectivity index (χ1n) is 5.81. The van der Waals surface area contributed by atoms with Crippen molar-refractivity contribution in [1.29, 1.82) is 5.26 Å². The average molecular weight is 236 g/mol. The number of likely N-dealkylation sites (tertiary alicyclic amines) is 1. The van der Waals surface area contributed by atoms with Gasteiger partial charge in [-0.15, -0.1) is 0 Å². The maximum atomic E-state index is 13.1. The second-order valence-corrected chi connectivity index (χ2v) is 4.30. The van der Waals surface area contributed by atoms with Gasteiger partial charge in [-0.3, -0.25) is 4.90 Å². The van der Waals surface area contributed by atoms with Crippen molar-refractivity contribution in [3.05, 3.63) is 35.4 Å². The van der Waals surface area contributed by atoms with Gasteiger partial charge in [0, 0.05) is 0 Å². The zero-order valence-corrected chi connectivity index (χ0v) is 9.50. The summed E-state index contributed by atoms with van der Waals surface area (Å²) in [6.07, 6.45) is 3.29. The topological polar surface area (TPSA) is 27.0 Å². The van der Waals surface area contributed by atoms with Crippen LogP contribution in [-0.2, 0) is 0 Å². The molecule has 1 aromatic carbocycles. The van der Waals surface area contributed by atoms with E-state index in [1.165, 1.54) is 12.5 Å². The molecule has 17 heavy (non-hydrogen) atoms. The number of rotatable bonds is 2. The Bertz CT molecular complexity index is 434. The van der Waals surface area contributed by atoms with Crippen LogP contribution in [-0.4, -0.2) is 18.0 Å². The molecule has 1 aliphatic heterocycles. The van der Waals surface area contributed by atoms with Gasteiger partial charge in [0.1, 0.15) is 6.04 Å². The summed E-state index contributed by atoms with van der Waals surface area (Å²) in [5, 5.41) is 9.18. The van der Waals surface area contributed by atoms with Gasteiger partial charge < -0.3 is 0 Å². The smallest absolute Gasteiger partial charge is 0.159 e. The van der Waals surface area contributed by atoms with E-state index in [2.05, 4.69) is 6.07 Å². The highest BCUT2D eigenvalue weighted by Gasteiger charge is 2.22. The molecule has 1 atom stereocenters. The molecule has 0 N–H and O–H groups in total. The molecule has 1 aromatic rings. The molecule has 0 radical (unpaired) electrons. The van der Waals surface area contributed by atoms with E-state index in [9.17, 15) is 14.0 Å². The molecule has 2 rings (SSSR count). The summed E-state index contributed by atoms with van der Waals surface area (Å²) >= 11 is 0. The molecule has 1 saturated heterocycles. The van der Waals surface area contributed by atoms with Gasteiger partial charge in [0.2, 0.25) is 0 Å². The van der Waals surface area contributed by atoms with Gasteiger partial charge in [-0.05, 0) is 43.6 Å². The molecule has 0 spiro atoms. The third kappa shape index (κ3) is 2.62. The monoisotopic (exact) mass is 236 g/mol. The minimum absolute atomic E-state index is 0.467. The fourth-order valence-corrected chi connectivity index (χ4v) is 2.23. The summed E-state index contributed by atoms with van der Waals surface area (Å²) in [5.74, 6) is -1.76. The number of piperidine rings is 1. The highest BCUT2D eigenvalue weighted by molar-refractivity contribution is 5.25. The molecule has 0 aromatic heterocycles. The number of nitrogens with zero attached hydrogens (tertiary/aromatic N) is 2. The Labute approximate surface area is 99.5 Å². The van der Waals surface area contributed by atoms with Crippen molar-refractivity contribution in [3.8, 4) is 6.07 Å². The first-order chi connectivity index (χ1) is 8.22. The molecule has 0 bridgehead atoms. The summed E-state index contributed by atoms with van der Waals surface area (Å²) in [6.45, 7) is 1.69. The average Bonchev–Trinajstić information content (AvgIpc) is 2.36. The van der Waals surface area contributed by atoms with Crippen molar-refractivity contribution in [3.63, 3.8) is 0 Å². The lowest BCUT2D eigenvalue weighted by atomic mass is 10.0. The van der Waals surface area contributed by atoms with E-state index >= 15 is 0 Å². The standard InChI is InChI=1S/C13H14F2N2/c14-11-5-4-10(8-12(11)15)13(9-16)17-6-2-1-3-7-17/h4-5,8,13H,1-3,6-7H2. The van der Waals surface area contributed by atoms with E-state index in [1.807, 2.05) is 4.90 Å². The molecule has 0 amide bonds. The zero-order chi connectivity index (χ0) is 12.3. The van der Waals surface area contributed by atoms with Crippen molar-refractivity contribution in [2.24, 2.45) is 0 Å². The summed E-state index contributed by atoms with van der Waals surface area (Å²) in [6, 6.07) is 5.40. The molecular formula is C13H14F2N2. The van der Waals surface area contributed by atoms with Crippen LogP contribution in [0.5, 0.6) is 0 Å². The van der Waals surface area contributed by atoms with Crippen LogP contribution in [0.1, 0.15) is 30.9 Å². The number of hydrogen-bond donors (Lipinski definition) is 0. The van der Waals surface area contributed by atoms with E-state index in [0.717, 1.165) is 38.1 Å². The van der Waals surface area contributed by atoms with Crippen molar-refractivity contribution < 1.29 is 8.78 Å². The lowest BCUT2D eigenvalue weighted by Crippen LogP contribution is -2.33. The summed E-state index contributed by atoms with van der Waals surface area (Å²) in [4.78, 5) is 2.02. The molecule has 0 saturated carbocycles. The fourth-order valence-electron chi connectivity index (χ4n) is 2.23. The second-order valence-electron chi connectivity index (χ2n) is 4.30. The van der Waals surface area contributed by atoms with Gasteiger partial charge in [0.25, 0.3) is 0 Å². The van der Waals surface area contributed by atoms with E-state index in [0.29, 0.717) is 5.56 Å². The van der Waals surface area contributed by atoms with Crippen molar-refractivity contribution >= 4 is 0 Å². The Morgan fingerprint density at radius 3 is 2.41 bits per heavy atom. The van der Waals surface area contributed by atoms with Crippen LogP contribution in [0, 0.1) is 23.0 Å². The Balaban J connectivity index is 2.22. The SMILES string of the molecule is N#CC(c1ccc(F)c(F)c1)N1CCCCC1. The highest BCUT2D eigenvalue weighted by atomic mass is 19.2. The quantitative estimate of drug-likeness (QED) is 0.789. The van der Waals surface area contributed by atoms with E-state index in [4.69, 9.17) is 0 Å². The minimum atomic E-state index is -0.889. The maximum Gasteiger partial charge on any atom is 0.159 e. The number of benzene rings is 1. The van der Waals surface area contributed by atoms with Gasteiger partial charge in [0.05, 0.1) is 6.07 Å². The second kappa shape index (κ2) is 5.24. The Hall–Kier alpha value is -1.47. The first kappa shape index (κ1) is 12.0. The Morgan fingerprint density at radius 1 is 1.12 bits per heavy atom. The van der Waals surface area contributed by atoms with Crippen LogP contribution in [0.2, 0.25) is 0 Å². The minimum Gasteiger partial charge on any atom is -0.284 e. The summed E-state index contributed by atoms with van der Waals surface area (Å²) < 4.78 is 26.0. The third-order valence-corrected chi connectivity index (χ3v) is 3.14. The van der Waals surface area contributed by atoms with Crippen LogP contribution in [0.25, 0.3) is 0 Å². The normalized spacial score (nSPS) is 18.6. The first-order valence-corrected chi connectivity index (χ1v) is 5.81. The molecule has 1 heterocycles. The van der Waals surface area contributed by atoms with Gasteiger partial charge >= 0.3 is 0 Å². The largest absolute Gasteiger partial charge is 0.284 e. The number of halogens is 2. The van der Waals surface area contributed by atoms with Crippen LogP contribution >= 0.6 is 0 Å². The Morgan fingerprint density at radius 2 is 1.82 bits per heavy atom. The third-order valence-electron chi connectivity index (χ3n) is 3.14. The van der Waals surface area contributed by atoms with E-state index in [1.54, 1.807) is 0 Å². The molecule has 0 aliphatic carbocycles. The van der Waals surface area contributed by atoms with E-state index in [-0.39, 0.29) is 0 Å². The zero-order valence-electron chi connectivity index (χ0n) is 9.50. The highest BCUT2D eigenvalue weighted by Crippen LogP contribution is 2.25. The van der Waals surface area contributed by atoms with Crippen molar-refractivity contribution in [2.45, 2.75) is 25.3 Å². The van der Waals surface area contributed by atoms with Crippen LogP contribution in [0.4, 0.5) is 8.78 Å². The Kier molecular flexibility index (Phi) is 3.70. The van der Waals surface area contributed by atoms with Crippen LogP contribution < -0.4 is 0 Å². The summed E-state index contributed by atoms with van der Waals surface area (Å²) in [7, 11) is 0. The predicted octanol–water partition coefficient (Wildman–Crippen LogP) is 3.02. The maximum absolute atomic E-state index is 13.1. The number of hydrogen-bond acceptors (Lipinski definition) is 2. The fraction of sp³-hybridized carbons (Fsp3) is 0.462. The molecule has 4 heteroatoms. The van der Waals surface area contributed by atoms with E-state index < -0.39 is 17.7 Å². The van der Waals surface area contributed by atoms with Crippen molar-refractivity contribution in [2.75, 3.05) is 13.1 Å². The molecule has 2 nitrogen and oxygen atoms in total. The molecule has 90 valence electrons. The lowest BCUT2D eigenvalue weighted by Gasteiger charge is -2.30. The predicted molar refractivity (Wildman–Crippen MR) is 60.1 cm³/mol. The number of nitriles is 1. The molecular weight excluding hydrogens is 222 g/mol. The molecule has 1 aliphatic rings. The van der Waals surface area contributed by atoms with Crippen LogP contribution in [0.3, 0.4) is 0 Å².